The molecule has 2 aliphatic carbocycles. The summed E-state index contributed by atoms with van der Waals surface area (Å²) in [5.74, 6) is 0.423. The number of aliphatic hydroxyl groups excluding tert-OH is 1. The highest BCUT2D eigenvalue weighted by molar-refractivity contribution is 5.88. The lowest BCUT2D eigenvalue weighted by Crippen LogP contribution is -2.35. The summed E-state index contributed by atoms with van der Waals surface area (Å²) in [6.07, 6.45) is 8.43. The molecule has 1 N–H and O–H groups in total. The molecule has 0 amide bonds. The van der Waals surface area contributed by atoms with Crippen LogP contribution in [0.5, 0.6) is 0 Å². The molecule has 118 valence electrons. The number of hydrogen-bond donors (Lipinski definition) is 1. The first-order chi connectivity index (χ1) is 10.0. The average Bonchev–Trinajstić information content (AvgIpc) is 2.69. The Hall–Kier alpha value is -1.16. The monoisotopic (exact) mass is 294 g/mol. The summed E-state index contributed by atoms with van der Waals surface area (Å²) >= 11 is 0. The van der Waals surface area contributed by atoms with Gasteiger partial charge in [-0.15, -0.1) is 0 Å². The van der Waals surface area contributed by atoms with Gasteiger partial charge in [-0.25, -0.2) is 0 Å². The fourth-order valence-electron chi connectivity index (χ4n) is 3.56. The maximum Gasteiger partial charge on any atom is 0.302 e. The first-order valence-electron chi connectivity index (χ1n) is 8.09. The molecule has 2 rings (SSSR count). The van der Waals surface area contributed by atoms with Gasteiger partial charge in [0, 0.05) is 25.2 Å². The molecule has 4 heteroatoms. The van der Waals surface area contributed by atoms with Crippen molar-refractivity contribution >= 4 is 11.8 Å². The summed E-state index contributed by atoms with van der Waals surface area (Å²) in [6, 6.07) is 0. The van der Waals surface area contributed by atoms with Gasteiger partial charge in [-0.05, 0) is 18.8 Å². The van der Waals surface area contributed by atoms with E-state index in [1.807, 2.05) is 12.2 Å². The Labute approximate surface area is 126 Å². The van der Waals surface area contributed by atoms with E-state index in [9.17, 15) is 14.7 Å². The molecule has 0 aromatic heterocycles. The Morgan fingerprint density at radius 1 is 1.48 bits per heavy atom. The van der Waals surface area contributed by atoms with Gasteiger partial charge in [0.05, 0.1) is 6.10 Å². The summed E-state index contributed by atoms with van der Waals surface area (Å²) in [4.78, 5) is 22.8. The van der Waals surface area contributed by atoms with Gasteiger partial charge in [-0.3, -0.25) is 9.59 Å². The summed E-state index contributed by atoms with van der Waals surface area (Å²) in [5.41, 5.74) is 0. The topological polar surface area (TPSA) is 63.6 Å². The fourth-order valence-corrected chi connectivity index (χ4v) is 3.56. The van der Waals surface area contributed by atoms with Crippen molar-refractivity contribution in [2.75, 3.05) is 0 Å². The lowest BCUT2D eigenvalue weighted by atomic mass is 9.71. The minimum absolute atomic E-state index is 0.0567. The van der Waals surface area contributed by atoms with E-state index >= 15 is 0 Å². The number of ether oxygens (including phenoxy) is 1. The van der Waals surface area contributed by atoms with E-state index in [4.69, 9.17) is 4.74 Å². The van der Waals surface area contributed by atoms with Crippen LogP contribution in [0.4, 0.5) is 0 Å². The number of carbonyl (C=O) groups is 2. The number of ketones is 1. The molecule has 0 aromatic carbocycles. The molecule has 2 aliphatic rings. The zero-order valence-electron chi connectivity index (χ0n) is 13.0. The van der Waals surface area contributed by atoms with Gasteiger partial charge in [0.25, 0.3) is 0 Å². The van der Waals surface area contributed by atoms with Crippen LogP contribution in [0.25, 0.3) is 0 Å². The predicted octanol–water partition coefficient (Wildman–Crippen LogP) is 2.64. The van der Waals surface area contributed by atoms with Crippen molar-refractivity contribution in [3.63, 3.8) is 0 Å². The molecule has 0 spiro atoms. The smallest absolute Gasteiger partial charge is 0.302 e. The highest BCUT2D eigenvalue weighted by atomic mass is 16.5. The van der Waals surface area contributed by atoms with Gasteiger partial charge >= 0.3 is 5.97 Å². The molecule has 0 aromatic rings. The van der Waals surface area contributed by atoms with Crippen LogP contribution in [0.15, 0.2) is 12.2 Å². The normalized spacial score (nSPS) is 32.8. The summed E-state index contributed by atoms with van der Waals surface area (Å²) in [6.45, 7) is 3.54. The zero-order valence-corrected chi connectivity index (χ0v) is 13.0. The Balaban J connectivity index is 1.91. The van der Waals surface area contributed by atoms with E-state index in [2.05, 4.69) is 6.92 Å². The number of aliphatic hydroxyl groups is 1. The summed E-state index contributed by atoms with van der Waals surface area (Å²) < 4.78 is 5.36. The van der Waals surface area contributed by atoms with Crippen molar-refractivity contribution in [1.82, 2.24) is 0 Å². The second-order valence-electron chi connectivity index (χ2n) is 6.35. The van der Waals surface area contributed by atoms with E-state index in [1.165, 1.54) is 6.92 Å². The second kappa shape index (κ2) is 7.21. The first kappa shape index (κ1) is 16.2. The van der Waals surface area contributed by atoms with Crippen LogP contribution >= 0.6 is 0 Å². The summed E-state index contributed by atoms with van der Waals surface area (Å²) in [5, 5.41) is 9.96. The standard InChI is InChI=1S/C17H26O4/c1-3-4-5-6-12(19)7-8-13-14-9-16(20)15(14)10-17(13)21-11(2)18/h7-8,12-15,17,19H,3-6,9-10H2,1-2H3/b8-7+/t12?,13-,14-,15+,17-/m1/s1. The van der Waals surface area contributed by atoms with Gasteiger partial charge < -0.3 is 9.84 Å². The molecule has 0 heterocycles. The van der Waals surface area contributed by atoms with Crippen molar-refractivity contribution in [3.8, 4) is 0 Å². The van der Waals surface area contributed by atoms with Crippen molar-refractivity contribution in [2.45, 2.75) is 64.6 Å². The van der Waals surface area contributed by atoms with Crippen LogP contribution in [0.1, 0.15) is 52.4 Å². The van der Waals surface area contributed by atoms with Crippen molar-refractivity contribution < 1.29 is 19.4 Å². The zero-order chi connectivity index (χ0) is 15.4. The van der Waals surface area contributed by atoms with Crippen LogP contribution in [-0.2, 0) is 14.3 Å². The molecule has 5 atom stereocenters. The predicted molar refractivity (Wildman–Crippen MR) is 79.6 cm³/mol. The first-order valence-corrected chi connectivity index (χ1v) is 8.09. The van der Waals surface area contributed by atoms with Crippen molar-refractivity contribution in [2.24, 2.45) is 17.8 Å². The van der Waals surface area contributed by atoms with Gasteiger partial charge in [0.2, 0.25) is 0 Å². The number of hydrogen-bond acceptors (Lipinski definition) is 4. The molecule has 0 aliphatic heterocycles. The Bertz CT molecular complexity index is 415. The molecule has 0 radical (unpaired) electrons. The number of esters is 1. The minimum atomic E-state index is -0.440. The van der Waals surface area contributed by atoms with Crippen LogP contribution in [0.3, 0.4) is 0 Å². The highest BCUT2D eigenvalue weighted by Gasteiger charge is 2.53. The number of Topliss-reactive ketones (excluding diaryl/α,β-unsaturated/α-hetero) is 1. The van der Waals surface area contributed by atoms with Crippen LogP contribution < -0.4 is 0 Å². The maximum atomic E-state index is 11.6. The highest BCUT2D eigenvalue weighted by Crippen LogP contribution is 2.49. The second-order valence-corrected chi connectivity index (χ2v) is 6.35. The molecular formula is C17H26O4. The maximum absolute atomic E-state index is 11.6. The van der Waals surface area contributed by atoms with E-state index in [0.29, 0.717) is 18.8 Å². The number of rotatable bonds is 7. The Morgan fingerprint density at radius 2 is 2.24 bits per heavy atom. The van der Waals surface area contributed by atoms with E-state index in [1.54, 1.807) is 0 Å². The van der Waals surface area contributed by atoms with Crippen molar-refractivity contribution in [3.05, 3.63) is 12.2 Å². The van der Waals surface area contributed by atoms with E-state index in [-0.39, 0.29) is 29.7 Å². The quantitative estimate of drug-likeness (QED) is 0.445. The number of fused-ring (bicyclic) bond motifs is 1. The fraction of sp³-hybridized carbons (Fsp3) is 0.765. The molecule has 2 fully saturated rings. The molecule has 2 saturated carbocycles. The molecule has 21 heavy (non-hydrogen) atoms. The largest absolute Gasteiger partial charge is 0.462 e. The van der Waals surface area contributed by atoms with Crippen LogP contribution in [0.2, 0.25) is 0 Å². The third-order valence-electron chi connectivity index (χ3n) is 4.75. The summed E-state index contributed by atoms with van der Waals surface area (Å²) in [7, 11) is 0. The van der Waals surface area contributed by atoms with E-state index < -0.39 is 6.10 Å². The SMILES string of the molecule is CCCCCC(O)/C=C/[C@@H]1[C@H]2CC(=O)[C@H]2C[C@H]1OC(C)=O. The minimum Gasteiger partial charge on any atom is -0.462 e. The Kier molecular flexibility index (Phi) is 5.57. The lowest BCUT2D eigenvalue weighted by Gasteiger charge is -2.31. The molecule has 0 saturated heterocycles. The molecular weight excluding hydrogens is 268 g/mol. The van der Waals surface area contributed by atoms with E-state index in [0.717, 1.165) is 25.7 Å². The third kappa shape index (κ3) is 3.94. The average molecular weight is 294 g/mol. The third-order valence-corrected chi connectivity index (χ3v) is 4.75. The van der Waals surface area contributed by atoms with Gasteiger partial charge in [0.15, 0.2) is 0 Å². The molecule has 0 bridgehead atoms. The number of unbranched alkanes of at least 4 members (excludes halogenated alkanes) is 2. The van der Waals surface area contributed by atoms with Crippen LogP contribution in [-0.4, -0.2) is 29.1 Å². The van der Waals surface area contributed by atoms with Gasteiger partial charge in [0.1, 0.15) is 11.9 Å². The number of carbonyl (C=O) groups excluding carboxylic acids is 2. The van der Waals surface area contributed by atoms with Crippen molar-refractivity contribution in [1.29, 1.82) is 0 Å². The molecule has 4 nitrogen and oxygen atoms in total. The molecule has 1 unspecified atom stereocenters. The van der Waals surface area contributed by atoms with Gasteiger partial charge in [-0.2, -0.15) is 0 Å². The Morgan fingerprint density at radius 3 is 2.86 bits per heavy atom. The van der Waals surface area contributed by atoms with Crippen LogP contribution in [0, 0.1) is 17.8 Å². The lowest BCUT2D eigenvalue weighted by molar-refractivity contribution is -0.147. The van der Waals surface area contributed by atoms with Gasteiger partial charge in [-0.1, -0.05) is 38.3 Å².